The molecule has 26 heavy (non-hydrogen) atoms. The van der Waals surface area contributed by atoms with Gasteiger partial charge in [0.15, 0.2) is 0 Å². The quantitative estimate of drug-likeness (QED) is 0.550. The summed E-state index contributed by atoms with van der Waals surface area (Å²) in [5.41, 5.74) is 0. The van der Waals surface area contributed by atoms with Crippen molar-refractivity contribution in [2.45, 2.75) is 38.7 Å². The van der Waals surface area contributed by atoms with Crippen LogP contribution in [0.3, 0.4) is 0 Å². The van der Waals surface area contributed by atoms with Gasteiger partial charge in [-0.1, -0.05) is 93.6 Å². The summed E-state index contributed by atoms with van der Waals surface area (Å²) in [6.45, 7) is 7.97. The topological polar surface area (TPSA) is 9.23 Å². The molecule has 3 atom stereocenters. The number of hydrogen-bond acceptors (Lipinski definition) is 1. The highest BCUT2D eigenvalue weighted by molar-refractivity contribution is 6.99. The Morgan fingerprint density at radius 2 is 1.42 bits per heavy atom. The molecule has 0 N–H and O–H groups in total. The summed E-state index contributed by atoms with van der Waals surface area (Å²) in [5, 5.41) is 2.85. The molecule has 136 valence electrons. The van der Waals surface area contributed by atoms with E-state index in [9.17, 15) is 0 Å². The number of hydrogen-bond donors (Lipinski definition) is 0. The van der Waals surface area contributed by atoms with Gasteiger partial charge in [0.2, 0.25) is 0 Å². The Bertz CT molecular complexity index is 720. The number of benzene rings is 2. The lowest BCUT2D eigenvalue weighted by atomic mass is 9.95. The molecule has 2 aliphatic carbocycles. The lowest BCUT2D eigenvalue weighted by Crippen LogP contribution is -2.67. The van der Waals surface area contributed by atoms with Crippen LogP contribution in [0.2, 0.25) is 5.04 Å². The molecule has 0 heterocycles. The van der Waals surface area contributed by atoms with Gasteiger partial charge in [0, 0.05) is 6.61 Å². The first-order valence-corrected chi connectivity index (χ1v) is 11.8. The summed E-state index contributed by atoms with van der Waals surface area (Å²) in [4.78, 5) is 0. The van der Waals surface area contributed by atoms with Gasteiger partial charge in [-0.3, -0.25) is 0 Å². The van der Waals surface area contributed by atoms with E-state index in [2.05, 4.69) is 93.6 Å². The fraction of sp³-hybridized carbons (Fsp3) is 0.417. The van der Waals surface area contributed by atoms with Crippen LogP contribution >= 0.6 is 0 Å². The van der Waals surface area contributed by atoms with Crippen molar-refractivity contribution >= 4 is 18.7 Å². The van der Waals surface area contributed by atoms with Crippen molar-refractivity contribution in [1.29, 1.82) is 0 Å². The Kier molecular flexibility index (Phi) is 4.66. The van der Waals surface area contributed by atoms with Gasteiger partial charge >= 0.3 is 0 Å². The Morgan fingerprint density at radius 3 is 1.85 bits per heavy atom. The molecule has 1 saturated carbocycles. The number of fused-ring (bicyclic) bond motifs is 2. The van der Waals surface area contributed by atoms with Crippen molar-refractivity contribution in [3.8, 4) is 0 Å². The summed E-state index contributed by atoms with van der Waals surface area (Å²) >= 11 is 0. The molecular weight excluding hydrogens is 332 g/mol. The summed E-state index contributed by atoms with van der Waals surface area (Å²) in [7, 11) is -2.37. The predicted octanol–water partition coefficient (Wildman–Crippen LogP) is 4.78. The molecule has 3 unspecified atom stereocenters. The van der Waals surface area contributed by atoms with E-state index in [4.69, 9.17) is 4.43 Å². The van der Waals surface area contributed by atoms with Crippen LogP contribution in [0.5, 0.6) is 0 Å². The zero-order valence-electron chi connectivity index (χ0n) is 16.2. The van der Waals surface area contributed by atoms with Crippen LogP contribution in [0.4, 0.5) is 0 Å². The van der Waals surface area contributed by atoms with E-state index in [1.54, 1.807) is 0 Å². The Morgan fingerprint density at radius 1 is 0.846 bits per heavy atom. The third-order valence-electron chi connectivity index (χ3n) is 6.35. The summed E-state index contributed by atoms with van der Waals surface area (Å²) in [6.07, 6.45) is 7.51. The van der Waals surface area contributed by atoms with Crippen molar-refractivity contribution < 1.29 is 4.43 Å². The smallest absolute Gasteiger partial charge is 0.261 e. The normalized spacial score (nSPS) is 25.0. The van der Waals surface area contributed by atoms with Crippen LogP contribution in [0.15, 0.2) is 72.8 Å². The minimum Gasteiger partial charge on any atom is -0.407 e. The fourth-order valence-electron chi connectivity index (χ4n) is 5.08. The first-order chi connectivity index (χ1) is 12.5. The highest BCUT2D eigenvalue weighted by Crippen LogP contribution is 2.45. The molecule has 2 heteroatoms. The van der Waals surface area contributed by atoms with E-state index in [1.165, 1.54) is 23.2 Å². The third-order valence-corrected chi connectivity index (χ3v) is 11.4. The van der Waals surface area contributed by atoms with E-state index < -0.39 is 8.32 Å². The second kappa shape index (κ2) is 6.83. The maximum absolute atomic E-state index is 7.11. The standard InChI is InChI=1S/C24H30OSi/c1-24(2,3)26(22-10-6-4-7-11-22,23-12-8-5-9-13-23)25-18-21-17-19-14-15-20(21)16-19/h4-15,19-21H,16-18H2,1-3H3. The van der Waals surface area contributed by atoms with Crippen LogP contribution in [0.25, 0.3) is 0 Å². The molecule has 0 aliphatic heterocycles. The Hall–Kier alpha value is -1.64. The molecular formula is C24H30OSi. The zero-order valence-corrected chi connectivity index (χ0v) is 17.2. The van der Waals surface area contributed by atoms with Gasteiger partial charge in [0.1, 0.15) is 0 Å². The molecule has 2 bridgehead atoms. The molecule has 1 fully saturated rings. The highest BCUT2D eigenvalue weighted by atomic mass is 28.4. The molecule has 1 nitrogen and oxygen atoms in total. The predicted molar refractivity (Wildman–Crippen MR) is 112 cm³/mol. The highest BCUT2D eigenvalue weighted by Gasteiger charge is 2.51. The molecule has 0 saturated heterocycles. The summed E-state index contributed by atoms with van der Waals surface area (Å²) in [5.74, 6) is 2.22. The Labute approximate surface area is 159 Å². The van der Waals surface area contributed by atoms with Crippen molar-refractivity contribution in [3.63, 3.8) is 0 Å². The van der Waals surface area contributed by atoms with Gasteiger partial charge in [-0.25, -0.2) is 0 Å². The van der Waals surface area contributed by atoms with E-state index >= 15 is 0 Å². The lowest BCUT2D eigenvalue weighted by molar-refractivity contribution is 0.215. The fourth-order valence-corrected chi connectivity index (χ4v) is 9.70. The van der Waals surface area contributed by atoms with Crippen LogP contribution in [0, 0.1) is 17.8 Å². The van der Waals surface area contributed by atoms with Crippen LogP contribution in [0.1, 0.15) is 33.6 Å². The first kappa shape index (κ1) is 17.8. The maximum Gasteiger partial charge on any atom is 0.261 e. The van der Waals surface area contributed by atoms with Gasteiger partial charge in [0.25, 0.3) is 8.32 Å². The second-order valence-corrected chi connectivity index (χ2v) is 13.3. The minimum atomic E-state index is -2.37. The molecule has 2 aliphatic rings. The van der Waals surface area contributed by atoms with Crippen LogP contribution in [-0.4, -0.2) is 14.9 Å². The summed E-state index contributed by atoms with van der Waals surface area (Å²) in [6, 6.07) is 22.0. The monoisotopic (exact) mass is 362 g/mol. The molecule has 0 spiro atoms. The van der Waals surface area contributed by atoms with Gasteiger partial charge in [0.05, 0.1) is 0 Å². The summed E-state index contributed by atoms with van der Waals surface area (Å²) < 4.78 is 7.11. The molecule has 0 amide bonds. The zero-order chi connectivity index (χ0) is 18.2. The van der Waals surface area contributed by atoms with Crippen molar-refractivity contribution in [2.24, 2.45) is 17.8 Å². The molecule has 4 rings (SSSR count). The van der Waals surface area contributed by atoms with E-state index in [1.807, 2.05) is 0 Å². The average molecular weight is 363 g/mol. The van der Waals surface area contributed by atoms with Gasteiger partial charge in [-0.05, 0) is 46.0 Å². The molecule has 2 aromatic rings. The van der Waals surface area contributed by atoms with E-state index in [-0.39, 0.29) is 5.04 Å². The van der Waals surface area contributed by atoms with E-state index in [0.717, 1.165) is 18.4 Å². The van der Waals surface area contributed by atoms with Crippen LogP contribution < -0.4 is 10.4 Å². The molecule has 2 aromatic carbocycles. The van der Waals surface area contributed by atoms with Crippen molar-refractivity contribution in [3.05, 3.63) is 72.8 Å². The van der Waals surface area contributed by atoms with Crippen molar-refractivity contribution in [1.82, 2.24) is 0 Å². The van der Waals surface area contributed by atoms with Gasteiger partial charge in [-0.2, -0.15) is 0 Å². The first-order valence-electron chi connectivity index (χ1n) is 9.94. The lowest BCUT2D eigenvalue weighted by Gasteiger charge is -2.44. The van der Waals surface area contributed by atoms with Gasteiger partial charge in [-0.15, -0.1) is 0 Å². The largest absolute Gasteiger partial charge is 0.407 e. The Balaban J connectivity index is 1.74. The third kappa shape index (κ3) is 2.99. The van der Waals surface area contributed by atoms with Crippen LogP contribution in [-0.2, 0) is 4.43 Å². The second-order valence-electron chi connectivity index (χ2n) is 9.01. The van der Waals surface area contributed by atoms with E-state index in [0.29, 0.717) is 5.92 Å². The maximum atomic E-state index is 7.11. The molecule has 0 aromatic heterocycles. The average Bonchev–Trinajstić information content (AvgIpc) is 3.26. The SMILES string of the molecule is CC(C)(C)[Si](OCC1CC2C=CC1C2)(c1ccccc1)c1ccccc1. The number of rotatable bonds is 5. The minimum absolute atomic E-state index is 0.0726. The van der Waals surface area contributed by atoms with Gasteiger partial charge < -0.3 is 4.43 Å². The molecule has 0 radical (unpaired) electrons. The van der Waals surface area contributed by atoms with Crippen molar-refractivity contribution in [2.75, 3.05) is 6.61 Å². The number of allylic oxidation sites excluding steroid dienone is 2.